The predicted octanol–water partition coefficient (Wildman–Crippen LogP) is 13.0. The Hall–Kier alpha value is -6.72. The van der Waals surface area contributed by atoms with E-state index in [2.05, 4.69) is 9.47 Å². The Balaban J connectivity index is 0.000000188. The van der Waals surface area contributed by atoms with Gasteiger partial charge in [-0.05, 0) is 146 Å². The molecule has 4 saturated carbocycles. The van der Waals surface area contributed by atoms with Gasteiger partial charge in [-0.2, -0.15) is 0 Å². The average molecular weight is 995 g/mol. The first-order valence-corrected chi connectivity index (χ1v) is 22.8. The van der Waals surface area contributed by atoms with E-state index in [1.807, 2.05) is 0 Å². The minimum Gasteiger partial charge on any atom is -0.481 e. The molecule has 4 aliphatic rings. The van der Waals surface area contributed by atoms with Crippen LogP contribution in [0.4, 0.5) is 35.1 Å². The lowest BCUT2D eigenvalue weighted by atomic mass is 9.47. The largest absolute Gasteiger partial charge is 0.573 e. The summed E-state index contributed by atoms with van der Waals surface area (Å²) in [4.78, 5) is 48.5. The van der Waals surface area contributed by atoms with Crippen LogP contribution in [0.5, 0.6) is 11.5 Å². The molecule has 2 aromatic heterocycles. The smallest absolute Gasteiger partial charge is 0.481 e. The van der Waals surface area contributed by atoms with E-state index in [1.165, 1.54) is 72.8 Å². The van der Waals surface area contributed by atoms with Gasteiger partial charge >= 0.3 is 24.7 Å². The number of halogens is 8. The van der Waals surface area contributed by atoms with E-state index in [9.17, 15) is 54.3 Å². The average Bonchev–Trinajstić information content (AvgIpc) is 3.85. The summed E-state index contributed by atoms with van der Waals surface area (Å²) < 4.78 is 115. The van der Waals surface area contributed by atoms with Gasteiger partial charge in [-0.3, -0.25) is 19.2 Å². The van der Waals surface area contributed by atoms with Crippen LogP contribution in [0.2, 0.25) is 0 Å². The van der Waals surface area contributed by atoms with E-state index >= 15 is 0 Å². The fraction of sp³-hybridized carbons (Fsp3) is 0.396. The highest BCUT2D eigenvalue weighted by Gasteiger charge is 2.56. The van der Waals surface area contributed by atoms with Crippen molar-refractivity contribution in [3.8, 4) is 11.5 Å². The Kier molecular flexibility index (Phi) is 13.6. The summed E-state index contributed by atoms with van der Waals surface area (Å²) in [6.07, 6.45) is 0.403. The molecular weight excluding hydrogens is 945 g/mol. The number of rotatable bonds is 14. The molecule has 4 aromatic carbocycles. The lowest BCUT2D eigenvalue weighted by Crippen LogP contribution is -2.50. The monoisotopic (exact) mass is 994 g/mol. The molecule has 0 bridgehead atoms. The first-order chi connectivity index (χ1) is 33.0. The van der Waals surface area contributed by atoms with E-state index in [0.717, 1.165) is 25.7 Å². The molecular formula is C53H50F8N2O8. The number of benzene rings is 4. The molecule has 0 aliphatic heterocycles. The Bertz CT molecular complexity index is 2760. The van der Waals surface area contributed by atoms with Crippen LogP contribution in [-0.4, -0.2) is 55.6 Å². The van der Waals surface area contributed by atoms with Crippen molar-refractivity contribution in [2.75, 3.05) is 0 Å². The highest BCUT2D eigenvalue weighted by atomic mass is 19.4. The van der Waals surface area contributed by atoms with E-state index in [0.29, 0.717) is 82.6 Å². The zero-order chi connectivity index (χ0) is 49.9. The van der Waals surface area contributed by atoms with Crippen LogP contribution in [0.3, 0.4) is 0 Å². The third-order valence-corrected chi connectivity index (χ3v) is 14.6. The maximum atomic E-state index is 14.5. The van der Waals surface area contributed by atoms with E-state index in [1.54, 1.807) is 33.7 Å². The first kappa shape index (κ1) is 50.7. The third kappa shape index (κ3) is 11.0. The second-order valence-electron chi connectivity index (χ2n) is 19.7. The number of carbonyl (C=O) groups excluding carboxylic acids is 2. The van der Waals surface area contributed by atoms with Crippen LogP contribution in [0.1, 0.15) is 103 Å². The molecule has 0 radical (unpaired) electrons. The SMILES string of the molecule is C.O=C(CC1CC2(C1)CC(C(=O)O)C2)c1ccc(F)c2ccn(Cc3ccc(OC(F)(F)F)cc3)c12.O=C(CC1CC2(C1)CC(C(=O)O)C2)c1ccc(F)c2ccn(Cc3ccc(OC(F)(F)F)cc3)c12. The molecule has 18 heteroatoms. The number of aliphatic carboxylic acids is 2. The second kappa shape index (κ2) is 19.1. The highest BCUT2D eigenvalue weighted by molar-refractivity contribution is 6.08. The number of ether oxygens (including phenoxy) is 2. The van der Waals surface area contributed by atoms with Crippen molar-refractivity contribution in [1.82, 2.24) is 9.13 Å². The lowest BCUT2D eigenvalue weighted by Gasteiger charge is -2.56. The number of aromatic nitrogens is 2. The summed E-state index contributed by atoms with van der Waals surface area (Å²) >= 11 is 0. The van der Waals surface area contributed by atoms with Crippen LogP contribution >= 0.6 is 0 Å². The Morgan fingerprint density at radius 1 is 0.521 bits per heavy atom. The molecule has 4 aliphatic carbocycles. The van der Waals surface area contributed by atoms with Gasteiger partial charge in [-0.15, -0.1) is 26.3 Å². The molecule has 2 spiro atoms. The highest BCUT2D eigenvalue weighted by Crippen LogP contribution is 2.63. The van der Waals surface area contributed by atoms with Crippen LogP contribution in [0.15, 0.2) is 97.3 Å². The van der Waals surface area contributed by atoms with Crippen LogP contribution in [0.25, 0.3) is 21.8 Å². The van der Waals surface area contributed by atoms with E-state index in [-0.39, 0.29) is 78.1 Å². The molecule has 10 rings (SSSR count). The summed E-state index contributed by atoms with van der Waals surface area (Å²) in [5.41, 5.74) is 3.17. The lowest BCUT2D eigenvalue weighted by molar-refractivity contribution is -0.275. The van der Waals surface area contributed by atoms with Crippen molar-refractivity contribution in [2.24, 2.45) is 34.5 Å². The van der Waals surface area contributed by atoms with Crippen molar-refractivity contribution in [3.63, 3.8) is 0 Å². The number of carboxylic acid groups (broad SMARTS) is 2. The number of ketones is 2. The molecule has 0 saturated heterocycles. The zero-order valence-corrected chi connectivity index (χ0v) is 37.3. The number of carbonyl (C=O) groups is 4. The fourth-order valence-electron chi connectivity index (χ4n) is 11.6. The van der Waals surface area contributed by atoms with Crippen molar-refractivity contribution < 1.29 is 74.0 Å². The Morgan fingerprint density at radius 3 is 1.17 bits per heavy atom. The predicted molar refractivity (Wildman–Crippen MR) is 244 cm³/mol. The van der Waals surface area contributed by atoms with Crippen molar-refractivity contribution in [2.45, 2.75) is 97.4 Å². The van der Waals surface area contributed by atoms with Gasteiger partial charge < -0.3 is 28.8 Å². The van der Waals surface area contributed by atoms with Gasteiger partial charge in [0.05, 0.1) is 22.9 Å². The second-order valence-corrected chi connectivity index (χ2v) is 19.7. The molecule has 0 atom stereocenters. The molecule has 2 N–H and O–H groups in total. The fourth-order valence-corrected chi connectivity index (χ4v) is 11.6. The number of alkyl halides is 6. The summed E-state index contributed by atoms with van der Waals surface area (Å²) in [5.74, 6) is -3.48. The summed E-state index contributed by atoms with van der Waals surface area (Å²) in [6, 6.07) is 19.5. The minimum atomic E-state index is -4.78. The van der Waals surface area contributed by atoms with Crippen molar-refractivity contribution >= 4 is 45.3 Å². The number of hydrogen-bond acceptors (Lipinski definition) is 6. The Morgan fingerprint density at radius 2 is 0.859 bits per heavy atom. The van der Waals surface area contributed by atoms with Crippen molar-refractivity contribution in [1.29, 1.82) is 0 Å². The molecule has 71 heavy (non-hydrogen) atoms. The topological polar surface area (TPSA) is 137 Å². The van der Waals surface area contributed by atoms with Crippen molar-refractivity contribution in [3.05, 3.63) is 131 Å². The molecule has 10 nitrogen and oxygen atoms in total. The van der Waals surface area contributed by atoms with Gasteiger partial charge in [-0.25, -0.2) is 8.78 Å². The maximum Gasteiger partial charge on any atom is 0.573 e. The minimum absolute atomic E-state index is 0. The standard InChI is InChI=1S/2C26H23F4NO4.CH4/c2*27-21-6-5-20(22(32)9-16-10-25(11-16)12-17(13-25)24(33)34)23-19(21)7-8-31(23)14-15-1-3-18(4-2-15)35-26(28,29)30;/h2*1-8,16-17H,9-14H2,(H,33,34);1H4. The quantitative estimate of drug-likeness (QED) is 0.0813. The molecule has 2 heterocycles. The first-order valence-electron chi connectivity index (χ1n) is 22.8. The molecule has 4 fully saturated rings. The summed E-state index contributed by atoms with van der Waals surface area (Å²) in [6.45, 7) is 0.477. The number of hydrogen-bond donors (Lipinski definition) is 2. The molecule has 376 valence electrons. The van der Waals surface area contributed by atoms with Crippen LogP contribution in [-0.2, 0) is 22.7 Å². The summed E-state index contributed by atoms with van der Waals surface area (Å²) in [7, 11) is 0. The number of nitrogens with zero attached hydrogens (tertiary/aromatic N) is 2. The van der Waals surface area contributed by atoms with Crippen LogP contribution in [0, 0.1) is 46.1 Å². The molecule has 0 amide bonds. The van der Waals surface area contributed by atoms with Gasteiger partial charge in [0, 0.05) is 60.2 Å². The van der Waals surface area contributed by atoms with Gasteiger partial charge in [-0.1, -0.05) is 31.7 Å². The van der Waals surface area contributed by atoms with Crippen LogP contribution < -0.4 is 9.47 Å². The number of carboxylic acids is 2. The number of fused-ring (bicyclic) bond motifs is 2. The van der Waals surface area contributed by atoms with Gasteiger partial charge in [0.1, 0.15) is 23.1 Å². The third-order valence-electron chi connectivity index (χ3n) is 14.6. The van der Waals surface area contributed by atoms with Gasteiger partial charge in [0.2, 0.25) is 0 Å². The van der Waals surface area contributed by atoms with E-state index < -0.39 is 36.3 Å². The van der Waals surface area contributed by atoms with E-state index in [4.69, 9.17) is 10.2 Å². The molecule has 0 unspecified atom stereocenters. The summed E-state index contributed by atoms with van der Waals surface area (Å²) in [5, 5.41) is 18.8. The van der Waals surface area contributed by atoms with Gasteiger partial charge in [0.25, 0.3) is 0 Å². The maximum absolute atomic E-state index is 14.5. The Labute approximate surface area is 402 Å². The normalized spacial score (nSPS) is 23.3. The zero-order valence-electron chi connectivity index (χ0n) is 37.3. The number of Topliss-reactive ketones (excluding diaryl/α,β-unsaturated/α-hetero) is 2. The molecule has 6 aromatic rings. The van der Waals surface area contributed by atoms with Gasteiger partial charge in [0.15, 0.2) is 11.6 Å².